The zero-order chi connectivity index (χ0) is 11.7. The molecule has 5 heteroatoms. The summed E-state index contributed by atoms with van der Waals surface area (Å²) in [6.07, 6.45) is 0.124. The van der Waals surface area contributed by atoms with Crippen LogP contribution in [-0.2, 0) is 9.53 Å². The lowest BCUT2D eigenvalue weighted by atomic mass is 10.2. The topological polar surface area (TPSA) is 70.6 Å². The number of carbonyl (C=O) groups excluding carboxylic acids is 1. The molecule has 0 spiro atoms. The molecular weight excluding hydrogens is 196 g/mol. The van der Waals surface area contributed by atoms with Crippen molar-refractivity contribution in [3.63, 3.8) is 0 Å². The summed E-state index contributed by atoms with van der Waals surface area (Å²) >= 11 is 0. The van der Waals surface area contributed by atoms with Gasteiger partial charge in [0.25, 0.3) is 0 Å². The first kappa shape index (κ1) is 14.3. The molecule has 90 valence electrons. The maximum atomic E-state index is 11.2. The van der Waals surface area contributed by atoms with Gasteiger partial charge in [-0.1, -0.05) is 0 Å². The van der Waals surface area contributed by atoms with Crippen molar-refractivity contribution in [1.82, 2.24) is 10.6 Å². The molecule has 15 heavy (non-hydrogen) atoms. The second kappa shape index (κ2) is 8.64. The number of hydrogen-bond donors (Lipinski definition) is 3. The van der Waals surface area contributed by atoms with Crippen molar-refractivity contribution >= 4 is 5.91 Å². The number of rotatable bonds is 8. The number of hydrogen-bond acceptors (Lipinski definition) is 4. The number of carbonyl (C=O) groups is 1. The van der Waals surface area contributed by atoms with Crippen molar-refractivity contribution in [1.29, 1.82) is 0 Å². The number of ether oxygens (including phenoxy) is 1. The Bertz CT molecular complexity index is 174. The molecule has 0 aromatic rings. The van der Waals surface area contributed by atoms with Crippen LogP contribution >= 0.6 is 0 Å². The van der Waals surface area contributed by atoms with Gasteiger partial charge in [-0.05, 0) is 26.8 Å². The lowest BCUT2D eigenvalue weighted by molar-refractivity contribution is -0.120. The summed E-state index contributed by atoms with van der Waals surface area (Å²) in [5.74, 6) is -0.0220. The molecule has 0 heterocycles. The zero-order valence-electron chi connectivity index (χ0n) is 9.75. The Kier molecular flexibility index (Phi) is 8.27. The average molecular weight is 218 g/mol. The molecule has 5 nitrogen and oxygen atoms in total. The van der Waals surface area contributed by atoms with Crippen LogP contribution in [0.1, 0.15) is 20.3 Å². The summed E-state index contributed by atoms with van der Waals surface area (Å²) in [7, 11) is 1.55. The van der Waals surface area contributed by atoms with Crippen LogP contribution in [0.4, 0.5) is 0 Å². The van der Waals surface area contributed by atoms with Crippen molar-refractivity contribution in [3.05, 3.63) is 0 Å². The van der Waals surface area contributed by atoms with Crippen molar-refractivity contribution in [2.24, 2.45) is 0 Å². The maximum absolute atomic E-state index is 11.2. The van der Waals surface area contributed by atoms with E-state index in [1.807, 2.05) is 13.8 Å². The van der Waals surface area contributed by atoms with E-state index in [-0.39, 0.29) is 18.5 Å². The molecule has 1 atom stereocenters. The standard InChI is InChI=1S/C10H22N2O3/c1-8(2)12-10(14)6-11-5-4-9(13)7-15-3/h8-9,11,13H,4-7H2,1-3H3,(H,12,14). The quantitative estimate of drug-likeness (QED) is 0.480. The fraction of sp³-hybridized carbons (Fsp3) is 0.900. The third-order valence-corrected chi connectivity index (χ3v) is 1.75. The van der Waals surface area contributed by atoms with E-state index in [2.05, 4.69) is 10.6 Å². The van der Waals surface area contributed by atoms with Gasteiger partial charge in [0.1, 0.15) is 0 Å². The van der Waals surface area contributed by atoms with Gasteiger partial charge < -0.3 is 20.5 Å². The van der Waals surface area contributed by atoms with Gasteiger partial charge in [0.2, 0.25) is 5.91 Å². The minimum atomic E-state index is -0.462. The summed E-state index contributed by atoms with van der Waals surface area (Å²) in [5.41, 5.74) is 0. The number of amides is 1. The predicted octanol–water partition coefficient (Wildman–Crippen LogP) is -0.502. The van der Waals surface area contributed by atoms with Gasteiger partial charge in [-0.15, -0.1) is 0 Å². The average Bonchev–Trinajstić information content (AvgIpc) is 2.12. The van der Waals surface area contributed by atoms with Crippen LogP contribution in [-0.4, -0.2) is 50.0 Å². The van der Waals surface area contributed by atoms with E-state index in [0.29, 0.717) is 19.6 Å². The van der Waals surface area contributed by atoms with Crippen molar-refractivity contribution in [2.45, 2.75) is 32.4 Å². The number of aliphatic hydroxyl groups excluding tert-OH is 1. The molecule has 0 aliphatic carbocycles. The first-order valence-corrected chi connectivity index (χ1v) is 5.23. The Balaban J connectivity index is 3.34. The Morgan fingerprint density at radius 1 is 1.47 bits per heavy atom. The SMILES string of the molecule is COCC(O)CCNCC(=O)NC(C)C. The molecule has 0 saturated heterocycles. The summed E-state index contributed by atoms with van der Waals surface area (Å²) < 4.78 is 4.78. The second-order valence-electron chi connectivity index (χ2n) is 3.80. The molecule has 0 aromatic carbocycles. The number of aliphatic hydroxyl groups is 1. The van der Waals surface area contributed by atoms with Crippen molar-refractivity contribution in [3.8, 4) is 0 Å². The molecule has 0 radical (unpaired) electrons. The van der Waals surface area contributed by atoms with Crippen LogP contribution in [0.25, 0.3) is 0 Å². The fourth-order valence-corrected chi connectivity index (χ4v) is 1.12. The Labute approximate surface area is 91.2 Å². The van der Waals surface area contributed by atoms with E-state index in [1.54, 1.807) is 7.11 Å². The molecule has 0 fully saturated rings. The van der Waals surface area contributed by atoms with E-state index < -0.39 is 6.10 Å². The first-order chi connectivity index (χ1) is 7.06. The van der Waals surface area contributed by atoms with Gasteiger partial charge in [-0.25, -0.2) is 0 Å². The molecule has 0 saturated carbocycles. The summed E-state index contributed by atoms with van der Waals surface area (Å²) in [4.78, 5) is 11.2. The molecule has 0 aromatic heterocycles. The molecule has 1 unspecified atom stereocenters. The molecule has 3 N–H and O–H groups in total. The van der Waals surface area contributed by atoms with Gasteiger partial charge in [0.15, 0.2) is 0 Å². The van der Waals surface area contributed by atoms with Gasteiger partial charge in [0, 0.05) is 13.2 Å². The summed E-state index contributed by atoms with van der Waals surface area (Å²) in [6, 6.07) is 0.165. The number of methoxy groups -OCH3 is 1. The van der Waals surface area contributed by atoms with Gasteiger partial charge in [0.05, 0.1) is 19.3 Å². The highest BCUT2D eigenvalue weighted by atomic mass is 16.5. The zero-order valence-corrected chi connectivity index (χ0v) is 9.75. The van der Waals surface area contributed by atoms with Crippen molar-refractivity contribution in [2.75, 3.05) is 26.8 Å². The number of nitrogens with one attached hydrogen (secondary N) is 2. The molecule has 0 aliphatic rings. The van der Waals surface area contributed by atoms with Crippen molar-refractivity contribution < 1.29 is 14.6 Å². The van der Waals surface area contributed by atoms with Crippen LogP contribution in [0.15, 0.2) is 0 Å². The van der Waals surface area contributed by atoms with Gasteiger partial charge >= 0.3 is 0 Å². The normalized spacial score (nSPS) is 12.9. The summed E-state index contributed by atoms with van der Waals surface area (Å²) in [5, 5.41) is 15.0. The minimum absolute atomic E-state index is 0.0220. The minimum Gasteiger partial charge on any atom is -0.391 e. The summed E-state index contributed by atoms with van der Waals surface area (Å²) in [6.45, 7) is 5.06. The van der Waals surface area contributed by atoms with Gasteiger partial charge in [-0.3, -0.25) is 4.79 Å². The van der Waals surface area contributed by atoms with Crippen LogP contribution in [0.3, 0.4) is 0 Å². The molecule has 0 rings (SSSR count). The molecular formula is C10H22N2O3. The molecule has 0 bridgehead atoms. The first-order valence-electron chi connectivity index (χ1n) is 5.23. The van der Waals surface area contributed by atoms with Crippen LogP contribution in [0.5, 0.6) is 0 Å². The lowest BCUT2D eigenvalue weighted by Gasteiger charge is -2.11. The molecule has 1 amide bonds. The van der Waals surface area contributed by atoms with Crippen LogP contribution in [0.2, 0.25) is 0 Å². The highest BCUT2D eigenvalue weighted by Crippen LogP contribution is 1.89. The fourth-order valence-electron chi connectivity index (χ4n) is 1.12. The van der Waals surface area contributed by atoms with E-state index in [1.165, 1.54) is 0 Å². The predicted molar refractivity (Wildman–Crippen MR) is 58.6 cm³/mol. The van der Waals surface area contributed by atoms with Gasteiger partial charge in [-0.2, -0.15) is 0 Å². The van der Waals surface area contributed by atoms with E-state index >= 15 is 0 Å². The maximum Gasteiger partial charge on any atom is 0.234 e. The van der Waals surface area contributed by atoms with Crippen LogP contribution < -0.4 is 10.6 Å². The van der Waals surface area contributed by atoms with E-state index in [9.17, 15) is 9.90 Å². The molecule has 0 aliphatic heterocycles. The van der Waals surface area contributed by atoms with Crippen LogP contribution in [0, 0.1) is 0 Å². The Hall–Kier alpha value is -0.650. The van der Waals surface area contributed by atoms with E-state index in [4.69, 9.17) is 4.74 Å². The lowest BCUT2D eigenvalue weighted by Crippen LogP contribution is -2.38. The highest BCUT2D eigenvalue weighted by molar-refractivity contribution is 5.78. The van der Waals surface area contributed by atoms with E-state index in [0.717, 1.165) is 0 Å². The third kappa shape index (κ3) is 9.65. The highest BCUT2D eigenvalue weighted by Gasteiger charge is 2.04. The largest absolute Gasteiger partial charge is 0.391 e. The third-order valence-electron chi connectivity index (χ3n) is 1.75. The Morgan fingerprint density at radius 2 is 2.13 bits per heavy atom. The monoisotopic (exact) mass is 218 g/mol. The smallest absolute Gasteiger partial charge is 0.234 e. The second-order valence-corrected chi connectivity index (χ2v) is 3.80. The Morgan fingerprint density at radius 3 is 2.67 bits per heavy atom.